The first-order chi connectivity index (χ1) is 6.36. The summed E-state index contributed by atoms with van der Waals surface area (Å²) in [6.45, 7) is 0.668. The van der Waals surface area contributed by atoms with Crippen molar-refractivity contribution >= 4 is 11.6 Å². The van der Waals surface area contributed by atoms with Crippen LogP contribution in [0.2, 0.25) is 0 Å². The monoisotopic (exact) mass is 182 g/mol. The molecule has 1 aromatic heterocycles. The minimum Gasteiger partial charge on any atom is -0.368 e. The Morgan fingerprint density at radius 2 is 2.62 bits per heavy atom. The van der Waals surface area contributed by atoms with Gasteiger partial charge in [0.15, 0.2) is 0 Å². The van der Waals surface area contributed by atoms with Gasteiger partial charge in [0.1, 0.15) is 18.1 Å². The summed E-state index contributed by atoms with van der Waals surface area (Å²) in [7, 11) is 0. The normalized spacial score (nSPS) is 21.7. The largest absolute Gasteiger partial charge is 0.368 e. The summed E-state index contributed by atoms with van der Waals surface area (Å²) in [5, 5.41) is 6.11. The van der Waals surface area contributed by atoms with Crippen LogP contribution in [0.4, 0.5) is 5.69 Å². The summed E-state index contributed by atoms with van der Waals surface area (Å²) >= 11 is 0. The summed E-state index contributed by atoms with van der Waals surface area (Å²) in [6, 6.07) is 0. The zero-order valence-electron chi connectivity index (χ0n) is 7.03. The number of aromatic nitrogens is 1. The molecular formula is C8H10N2O3. The highest BCUT2D eigenvalue weighted by Gasteiger charge is 2.23. The molecular weight excluding hydrogens is 172 g/mol. The Balaban J connectivity index is 1.91. The van der Waals surface area contributed by atoms with Crippen LogP contribution in [0.1, 0.15) is 12.8 Å². The molecule has 0 bridgehead atoms. The molecule has 0 aliphatic carbocycles. The second-order valence-corrected chi connectivity index (χ2v) is 2.90. The van der Waals surface area contributed by atoms with Crippen molar-refractivity contribution in [2.45, 2.75) is 18.9 Å². The summed E-state index contributed by atoms with van der Waals surface area (Å²) in [4.78, 5) is 11.4. The van der Waals surface area contributed by atoms with E-state index in [9.17, 15) is 4.79 Å². The van der Waals surface area contributed by atoms with Gasteiger partial charge >= 0.3 is 0 Å². The van der Waals surface area contributed by atoms with Crippen LogP contribution in [-0.2, 0) is 9.53 Å². The van der Waals surface area contributed by atoms with Gasteiger partial charge in [-0.3, -0.25) is 4.79 Å². The Morgan fingerprint density at radius 1 is 1.69 bits per heavy atom. The molecule has 1 atom stereocenters. The highest BCUT2D eigenvalue weighted by atomic mass is 16.5. The number of amides is 1. The Kier molecular flexibility index (Phi) is 2.27. The summed E-state index contributed by atoms with van der Waals surface area (Å²) < 4.78 is 9.77. The van der Waals surface area contributed by atoms with E-state index in [2.05, 4.69) is 15.0 Å². The van der Waals surface area contributed by atoms with Gasteiger partial charge in [0, 0.05) is 6.61 Å². The van der Waals surface area contributed by atoms with E-state index in [1.807, 2.05) is 0 Å². The number of hydrogen-bond donors (Lipinski definition) is 1. The predicted octanol–water partition coefficient (Wildman–Crippen LogP) is 0.792. The smallest absolute Gasteiger partial charge is 0.253 e. The first-order valence-electron chi connectivity index (χ1n) is 4.18. The highest BCUT2D eigenvalue weighted by molar-refractivity contribution is 5.93. The fourth-order valence-electron chi connectivity index (χ4n) is 1.27. The first-order valence-corrected chi connectivity index (χ1v) is 4.18. The molecule has 0 spiro atoms. The van der Waals surface area contributed by atoms with Gasteiger partial charge in [0.25, 0.3) is 5.91 Å². The fraction of sp³-hybridized carbons (Fsp3) is 0.500. The molecule has 13 heavy (non-hydrogen) atoms. The van der Waals surface area contributed by atoms with Crippen molar-refractivity contribution in [2.75, 3.05) is 11.9 Å². The van der Waals surface area contributed by atoms with Gasteiger partial charge in [-0.1, -0.05) is 5.16 Å². The average Bonchev–Trinajstić information content (AvgIpc) is 2.74. The van der Waals surface area contributed by atoms with Crippen LogP contribution in [0.25, 0.3) is 0 Å². The lowest BCUT2D eigenvalue weighted by Gasteiger charge is -2.07. The van der Waals surface area contributed by atoms with Gasteiger partial charge < -0.3 is 14.6 Å². The van der Waals surface area contributed by atoms with Crippen molar-refractivity contribution in [1.82, 2.24) is 5.16 Å². The molecule has 1 aliphatic rings. The van der Waals surface area contributed by atoms with Crippen LogP contribution in [0.5, 0.6) is 0 Å². The molecule has 1 amide bonds. The van der Waals surface area contributed by atoms with Gasteiger partial charge in [0.05, 0.1) is 6.20 Å². The quantitative estimate of drug-likeness (QED) is 0.734. The lowest BCUT2D eigenvalue weighted by molar-refractivity contribution is -0.124. The molecule has 5 heteroatoms. The third kappa shape index (κ3) is 1.86. The average molecular weight is 182 g/mol. The maximum Gasteiger partial charge on any atom is 0.253 e. The summed E-state index contributed by atoms with van der Waals surface area (Å²) in [5.74, 6) is -0.124. The van der Waals surface area contributed by atoms with Crippen molar-refractivity contribution in [1.29, 1.82) is 0 Å². The Labute approximate surface area is 75.0 Å². The van der Waals surface area contributed by atoms with Gasteiger partial charge in [-0.05, 0) is 12.8 Å². The zero-order chi connectivity index (χ0) is 9.10. The second-order valence-electron chi connectivity index (χ2n) is 2.90. The van der Waals surface area contributed by atoms with Crippen LogP contribution in [0, 0.1) is 0 Å². The van der Waals surface area contributed by atoms with Gasteiger partial charge in [-0.25, -0.2) is 0 Å². The number of nitrogens with zero attached hydrogens (tertiary/aromatic N) is 1. The first kappa shape index (κ1) is 8.25. The minimum absolute atomic E-state index is 0.124. The van der Waals surface area contributed by atoms with Crippen LogP contribution in [0.3, 0.4) is 0 Å². The molecule has 1 unspecified atom stereocenters. The molecule has 1 saturated heterocycles. The number of carbonyl (C=O) groups is 1. The summed E-state index contributed by atoms with van der Waals surface area (Å²) in [5.41, 5.74) is 0.570. The standard InChI is InChI=1S/C8H10N2O3/c11-8(7-2-1-3-12-7)10-6-4-9-13-5-6/h4-5,7H,1-3H2,(H,10,11). The van der Waals surface area contributed by atoms with E-state index in [1.165, 1.54) is 12.5 Å². The molecule has 1 aromatic rings. The predicted molar refractivity (Wildman–Crippen MR) is 44.1 cm³/mol. The van der Waals surface area contributed by atoms with Crippen molar-refractivity contribution in [3.8, 4) is 0 Å². The summed E-state index contributed by atoms with van der Waals surface area (Å²) in [6.07, 6.45) is 4.26. The number of nitrogens with one attached hydrogen (secondary N) is 1. The molecule has 0 aromatic carbocycles. The molecule has 1 aliphatic heterocycles. The number of anilines is 1. The van der Waals surface area contributed by atoms with Crippen molar-refractivity contribution in [3.05, 3.63) is 12.5 Å². The number of hydrogen-bond acceptors (Lipinski definition) is 4. The Bertz CT molecular complexity index is 278. The van der Waals surface area contributed by atoms with E-state index >= 15 is 0 Å². The Hall–Kier alpha value is -1.36. The maximum absolute atomic E-state index is 11.4. The number of ether oxygens (including phenoxy) is 1. The van der Waals surface area contributed by atoms with E-state index < -0.39 is 0 Å². The van der Waals surface area contributed by atoms with Crippen LogP contribution in [0.15, 0.2) is 17.0 Å². The second kappa shape index (κ2) is 3.57. The SMILES string of the molecule is O=C(Nc1cnoc1)C1CCCO1. The van der Waals surface area contributed by atoms with Gasteiger partial charge in [-0.15, -0.1) is 0 Å². The van der Waals surface area contributed by atoms with Crippen LogP contribution < -0.4 is 5.32 Å². The number of carbonyl (C=O) groups excluding carboxylic acids is 1. The topological polar surface area (TPSA) is 64.4 Å². The number of rotatable bonds is 2. The fourth-order valence-corrected chi connectivity index (χ4v) is 1.27. The lowest BCUT2D eigenvalue weighted by atomic mass is 10.2. The molecule has 70 valence electrons. The molecule has 2 rings (SSSR count). The molecule has 1 N–H and O–H groups in total. The highest BCUT2D eigenvalue weighted by Crippen LogP contribution is 2.14. The Morgan fingerprint density at radius 3 is 3.23 bits per heavy atom. The third-order valence-corrected chi connectivity index (χ3v) is 1.92. The minimum atomic E-state index is -0.310. The van der Waals surface area contributed by atoms with Gasteiger partial charge in [-0.2, -0.15) is 0 Å². The third-order valence-electron chi connectivity index (χ3n) is 1.92. The van der Waals surface area contributed by atoms with Crippen molar-refractivity contribution in [2.24, 2.45) is 0 Å². The van der Waals surface area contributed by atoms with Crippen LogP contribution >= 0.6 is 0 Å². The zero-order valence-corrected chi connectivity index (χ0v) is 7.03. The van der Waals surface area contributed by atoms with E-state index in [0.29, 0.717) is 12.3 Å². The van der Waals surface area contributed by atoms with Crippen LogP contribution in [-0.4, -0.2) is 23.8 Å². The molecule has 0 saturated carbocycles. The van der Waals surface area contributed by atoms with Crippen molar-refractivity contribution in [3.63, 3.8) is 0 Å². The van der Waals surface area contributed by atoms with Crippen molar-refractivity contribution < 1.29 is 14.1 Å². The molecule has 2 heterocycles. The lowest BCUT2D eigenvalue weighted by Crippen LogP contribution is -2.26. The molecule has 0 radical (unpaired) electrons. The maximum atomic E-state index is 11.4. The van der Waals surface area contributed by atoms with E-state index in [0.717, 1.165) is 12.8 Å². The molecule has 1 fully saturated rings. The van der Waals surface area contributed by atoms with Gasteiger partial charge in [0.2, 0.25) is 0 Å². The molecule has 5 nitrogen and oxygen atoms in total. The van der Waals surface area contributed by atoms with E-state index in [4.69, 9.17) is 4.74 Å². The van der Waals surface area contributed by atoms with E-state index in [1.54, 1.807) is 0 Å². The van der Waals surface area contributed by atoms with E-state index in [-0.39, 0.29) is 12.0 Å².